The number of methoxy groups -OCH3 is 1. The molecular formula is C25H29N7O2S. The van der Waals surface area contributed by atoms with Crippen LogP contribution in [0.25, 0.3) is 0 Å². The standard InChI is InChI=1S/C25H29N7O2S/c1-14-17(7-10-29-20(14)27)35-23-21(28)31-22(18(30-23)24(33)34-2)32-11-8-25(9-12-32)13-15-5-3-4-6-16(15)19(25)26/h3-7,10,19H,8-9,11-13,26H2,1-2H3,(H2,27,29)(H2,28,31). The molecule has 2 aliphatic rings. The number of aromatic nitrogens is 3. The van der Waals surface area contributed by atoms with Gasteiger partial charge in [-0.15, -0.1) is 0 Å². The van der Waals surface area contributed by atoms with Gasteiger partial charge in [0.2, 0.25) is 0 Å². The Morgan fingerprint density at radius 3 is 2.60 bits per heavy atom. The highest BCUT2D eigenvalue weighted by Gasteiger charge is 2.46. The molecule has 1 atom stereocenters. The van der Waals surface area contributed by atoms with Crippen LogP contribution in [0.5, 0.6) is 0 Å². The molecule has 2 aromatic heterocycles. The number of rotatable bonds is 4. The molecular weight excluding hydrogens is 462 g/mol. The summed E-state index contributed by atoms with van der Waals surface area (Å²) in [5, 5.41) is 0.421. The van der Waals surface area contributed by atoms with E-state index in [9.17, 15) is 4.79 Å². The van der Waals surface area contributed by atoms with E-state index in [4.69, 9.17) is 21.9 Å². The number of carbonyl (C=O) groups is 1. The molecule has 0 radical (unpaired) electrons. The van der Waals surface area contributed by atoms with Crippen LogP contribution < -0.4 is 22.1 Å². The van der Waals surface area contributed by atoms with E-state index in [0.717, 1.165) is 29.7 Å². The van der Waals surface area contributed by atoms with E-state index in [-0.39, 0.29) is 23.0 Å². The molecule has 0 bridgehead atoms. The zero-order valence-electron chi connectivity index (χ0n) is 19.8. The van der Waals surface area contributed by atoms with Gasteiger partial charge in [-0.1, -0.05) is 36.0 Å². The fourth-order valence-electron chi connectivity index (χ4n) is 5.17. The molecule has 6 N–H and O–H groups in total. The van der Waals surface area contributed by atoms with E-state index in [1.54, 1.807) is 6.20 Å². The third-order valence-electron chi connectivity index (χ3n) is 7.30. The molecule has 1 aromatic carbocycles. The first kappa shape index (κ1) is 23.4. The summed E-state index contributed by atoms with van der Waals surface area (Å²) < 4.78 is 5.04. The van der Waals surface area contributed by atoms with E-state index in [2.05, 4.69) is 44.1 Å². The number of pyridine rings is 1. The number of esters is 1. The Morgan fingerprint density at radius 2 is 1.89 bits per heavy atom. The highest BCUT2D eigenvalue weighted by molar-refractivity contribution is 7.99. The molecule has 3 aromatic rings. The number of anilines is 3. The molecule has 5 rings (SSSR count). The average Bonchev–Trinajstić information content (AvgIpc) is 3.14. The van der Waals surface area contributed by atoms with Gasteiger partial charge in [0.1, 0.15) is 10.8 Å². The number of nitrogens with two attached hydrogens (primary N) is 3. The van der Waals surface area contributed by atoms with Gasteiger partial charge in [0, 0.05) is 35.8 Å². The second-order valence-electron chi connectivity index (χ2n) is 9.20. The van der Waals surface area contributed by atoms with Gasteiger partial charge in [-0.05, 0) is 48.8 Å². The monoisotopic (exact) mass is 491 g/mol. The normalized spacial score (nSPS) is 18.5. The molecule has 1 aliphatic heterocycles. The number of benzene rings is 1. The summed E-state index contributed by atoms with van der Waals surface area (Å²) in [5.41, 5.74) is 22.6. The van der Waals surface area contributed by atoms with E-state index in [1.165, 1.54) is 30.0 Å². The van der Waals surface area contributed by atoms with E-state index in [1.807, 2.05) is 13.0 Å². The summed E-state index contributed by atoms with van der Waals surface area (Å²) in [4.78, 5) is 28.9. The van der Waals surface area contributed by atoms with Crippen LogP contribution in [0, 0.1) is 12.3 Å². The molecule has 0 amide bonds. The van der Waals surface area contributed by atoms with Gasteiger partial charge in [0.05, 0.1) is 7.11 Å². The van der Waals surface area contributed by atoms with Crippen molar-refractivity contribution in [3.63, 3.8) is 0 Å². The third-order valence-corrected chi connectivity index (χ3v) is 8.46. The van der Waals surface area contributed by atoms with Crippen LogP contribution in [0.1, 0.15) is 46.1 Å². The van der Waals surface area contributed by atoms with Gasteiger partial charge in [0.15, 0.2) is 17.3 Å². The fourth-order valence-corrected chi connectivity index (χ4v) is 6.05. The smallest absolute Gasteiger partial charge is 0.360 e. The summed E-state index contributed by atoms with van der Waals surface area (Å²) in [6, 6.07) is 10.3. The van der Waals surface area contributed by atoms with Gasteiger partial charge in [-0.25, -0.2) is 19.7 Å². The van der Waals surface area contributed by atoms with Crippen molar-refractivity contribution in [2.24, 2.45) is 11.1 Å². The molecule has 1 spiro atoms. The van der Waals surface area contributed by atoms with Crippen molar-refractivity contribution in [3.05, 3.63) is 58.9 Å². The van der Waals surface area contributed by atoms with Crippen LogP contribution in [0.2, 0.25) is 0 Å². The first-order valence-corrected chi connectivity index (χ1v) is 12.4. The predicted molar refractivity (Wildman–Crippen MR) is 136 cm³/mol. The number of nitrogens with zero attached hydrogens (tertiary/aromatic N) is 4. The highest BCUT2D eigenvalue weighted by Crippen LogP contribution is 2.51. The Kier molecular flexibility index (Phi) is 6.02. The SMILES string of the molecule is COC(=O)c1nc(Sc2ccnc(N)c2C)c(N)nc1N1CCC2(CC1)Cc1ccccc1C2N. The number of ether oxygens (including phenoxy) is 1. The zero-order valence-corrected chi connectivity index (χ0v) is 20.6. The third kappa shape index (κ3) is 4.06. The number of fused-ring (bicyclic) bond motifs is 1. The first-order valence-electron chi connectivity index (χ1n) is 11.6. The van der Waals surface area contributed by atoms with Crippen molar-refractivity contribution in [1.29, 1.82) is 0 Å². The Labute approximate surface area is 208 Å². The largest absolute Gasteiger partial charge is 0.464 e. The minimum Gasteiger partial charge on any atom is -0.464 e. The molecule has 1 aliphatic carbocycles. The molecule has 0 saturated carbocycles. The maximum absolute atomic E-state index is 12.7. The first-order chi connectivity index (χ1) is 16.8. The predicted octanol–water partition coefficient (Wildman–Crippen LogP) is 3.12. The highest BCUT2D eigenvalue weighted by atomic mass is 32.2. The maximum Gasteiger partial charge on any atom is 0.360 e. The molecule has 9 nitrogen and oxygen atoms in total. The molecule has 35 heavy (non-hydrogen) atoms. The van der Waals surface area contributed by atoms with Gasteiger partial charge in [-0.2, -0.15) is 0 Å². The lowest BCUT2D eigenvalue weighted by Crippen LogP contribution is -2.45. The Morgan fingerprint density at radius 1 is 1.14 bits per heavy atom. The molecule has 3 heterocycles. The number of hydrogen-bond acceptors (Lipinski definition) is 10. The van der Waals surface area contributed by atoms with E-state index >= 15 is 0 Å². The fraction of sp³-hybridized carbons (Fsp3) is 0.360. The van der Waals surface area contributed by atoms with Crippen molar-refractivity contribution >= 4 is 35.2 Å². The minimum atomic E-state index is -0.550. The lowest BCUT2D eigenvalue weighted by molar-refractivity contribution is 0.0593. The van der Waals surface area contributed by atoms with Crippen molar-refractivity contribution in [1.82, 2.24) is 15.0 Å². The molecule has 10 heteroatoms. The van der Waals surface area contributed by atoms with E-state index < -0.39 is 5.97 Å². The van der Waals surface area contributed by atoms with Crippen LogP contribution in [-0.2, 0) is 11.2 Å². The lowest BCUT2D eigenvalue weighted by Gasteiger charge is -2.42. The Balaban J connectivity index is 1.42. The van der Waals surface area contributed by atoms with Crippen LogP contribution in [-0.4, -0.2) is 41.1 Å². The molecule has 182 valence electrons. The summed E-state index contributed by atoms with van der Waals surface area (Å²) in [6.07, 6.45) is 4.37. The number of piperidine rings is 1. The molecule has 1 unspecified atom stereocenters. The summed E-state index contributed by atoms with van der Waals surface area (Å²) in [5.74, 6) is 0.577. The summed E-state index contributed by atoms with van der Waals surface area (Å²) >= 11 is 1.30. The van der Waals surface area contributed by atoms with Crippen LogP contribution >= 0.6 is 11.8 Å². The van der Waals surface area contributed by atoms with Crippen LogP contribution in [0.15, 0.2) is 46.5 Å². The maximum atomic E-state index is 12.7. The minimum absolute atomic E-state index is 0.00638. The summed E-state index contributed by atoms with van der Waals surface area (Å²) in [7, 11) is 1.34. The summed E-state index contributed by atoms with van der Waals surface area (Å²) in [6.45, 7) is 3.28. The van der Waals surface area contributed by atoms with Crippen molar-refractivity contribution in [3.8, 4) is 0 Å². The van der Waals surface area contributed by atoms with Crippen LogP contribution in [0.4, 0.5) is 17.5 Å². The zero-order chi connectivity index (χ0) is 24.7. The van der Waals surface area contributed by atoms with Crippen LogP contribution in [0.3, 0.4) is 0 Å². The van der Waals surface area contributed by atoms with Gasteiger partial charge < -0.3 is 26.8 Å². The second kappa shape index (κ2) is 9.01. The van der Waals surface area contributed by atoms with Gasteiger partial charge >= 0.3 is 5.97 Å². The van der Waals surface area contributed by atoms with Gasteiger partial charge in [-0.3, -0.25) is 0 Å². The average molecular weight is 492 g/mol. The van der Waals surface area contributed by atoms with Crippen molar-refractivity contribution < 1.29 is 9.53 Å². The lowest BCUT2D eigenvalue weighted by atomic mass is 9.73. The second-order valence-corrected chi connectivity index (χ2v) is 10.2. The Bertz CT molecular complexity index is 1290. The van der Waals surface area contributed by atoms with Crippen molar-refractivity contribution in [2.45, 2.75) is 42.1 Å². The molecule has 1 fully saturated rings. The van der Waals surface area contributed by atoms with E-state index in [0.29, 0.717) is 29.8 Å². The Hall–Kier alpha value is -3.37. The van der Waals surface area contributed by atoms with Gasteiger partial charge in [0.25, 0.3) is 0 Å². The number of nitrogen functional groups attached to an aromatic ring is 2. The molecule has 1 saturated heterocycles. The number of hydrogen-bond donors (Lipinski definition) is 3. The quantitative estimate of drug-likeness (QED) is 0.465. The number of carbonyl (C=O) groups excluding carboxylic acids is 1. The van der Waals surface area contributed by atoms with Crippen molar-refractivity contribution in [2.75, 3.05) is 36.6 Å². The topological polar surface area (TPSA) is 146 Å².